The number of pyridine rings is 1. The van der Waals surface area contributed by atoms with E-state index in [0.717, 1.165) is 28.7 Å². The molecule has 3 nitrogen and oxygen atoms in total. The smallest absolute Gasteiger partial charge is 0.140 e. The third-order valence-corrected chi connectivity index (χ3v) is 4.15. The van der Waals surface area contributed by atoms with Crippen molar-refractivity contribution >= 4 is 21.7 Å². The van der Waals surface area contributed by atoms with Crippen molar-refractivity contribution < 1.29 is 5.11 Å². The van der Waals surface area contributed by atoms with E-state index in [2.05, 4.69) is 40.1 Å². The first kappa shape index (κ1) is 14.5. The molecule has 0 aliphatic rings. The molecule has 1 atom stereocenters. The molecule has 2 N–H and O–H groups in total. The summed E-state index contributed by atoms with van der Waals surface area (Å²) in [5.74, 6) is 1.15. The number of hydrogen-bond acceptors (Lipinski definition) is 3. The Morgan fingerprint density at radius 2 is 2.06 bits per heavy atom. The van der Waals surface area contributed by atoms with Gasteiger partial charge in [-0.25, -0.2) is 4.98 Å². The molecule has 0 saturated carbocycles. The molecule has 1 aromatic heterocycles. The SMILES string of the molecule is CCC(CC)C(O)CNc1nccc(C)c1Br. The van der Waals surface area contributed by atoms with Crippen LogP contribution in [-0.2, 0) is 0 Å². The second-order valence-electron chi connectivity index (χ2n) is 4.32. The second-order valence-corrected chi connectivity index (χ2v) is 5.11. The van der Waals surface area contributed by atoms with Crippen LogP contribution in [0.15, 0.2) is 16.7 Å². The number of nitrogens with one attached hydrogen (secondary N) is 1. The second kappa shape index (κ2) is 6.97. The number of aliphatic hydroxyl groups is 1. The van der Waals surface area contributed by atoms with Crippen molar-refractivity contribution in [3.05, 3.63) is 22.3 Å². The van der Waals surface area contributed by atoms with Gasteiger partial charge in [0.1, 0.15) is 5.82 Å². The van der Waals surface area contributed by atoms with E-state index < -0.39 is 0 Å². The van der Waals surface area contributed by atoms with Crippen LogP contribution in [0, 0.1) is 12.8 Å². The van der Waals surface area contributed by atoms with E-state index in [0.29, 0.717) is 12.5 Å². The highest BCUT2D eigenvalue weighted by atomic mass is 79.9. The lowest BCUT2D eigenvalue weighted by Crippen LogP contribution is -2.28. The summed E-state index contributed by atoms with van der Waals surface area (Å²) in [5.41, 5.74) is 1.14. The van der Waals surface area contributed by atoms with E-state index in [1.54, 1.807) is 6.20 Å². The molecule has 0 aliphatic heterocycles. The molecule has 0 spiro atoms. The summed E-state index contributed by atoms with van der Waals surface area (Å²) in [4.78, 5) is 4.25. The average molecular weight is 301 g/mol. The van der Waals surface area contributed by atoms with Crippen molar-refractivity contribution in [3.63, 3.8) is 0 Å². The van der Waals surface area contributed by atoms with Gasteiger partial charge in [0.25, 0.3) is 0 Å². The monoisotopic (exact) mass is 300 g/mol. The number of aromatic nitrogens is 1. The molecular formula is C13H21BrN2O. The molecule has 1 unspecified atom stereocenters. The van der Waals surface area contributed by atoms with Gasteiger partial charge in [0.15, 0.2) is 0 Å². The molecule has 1 heterocycles. The van der Waals surface area contributed by atoms with Crippen LogP contribution in [-0.4, -0.2) is 22.7 Å². The molecule has 0 saturated heterocycles. The van der Waals surface area contributed by atoms with Gasteiger partial charge in [0.05, 0.1) is 10.6 Å². The van der Waals surface area contributed by atoms with Gasteiger partial charge in [0.2, 0.25) is 0 Å². The van der Waals surface area contributed by atoms with Gasteiger partial charge in [-0.05, 0) is 40.4 Å². The molecular weight excluding hydrogens is 280 g/mol. The van der Waals surface area contributed by atoms with Crippen molar-refractivity contribution in [1.29, 1.82) is 0 Å². The van der Waals surface area contributed by atoms with Gasteiger partial charge >= 0.3 is 0 Å². The van der Waals surface area contributed by atoms with Crippen molar-refractivity contribution in [2.75, 3.05) is 11.9 Å². The highest BCUT2D eigenvalue weighted by molar-refractivity contribution is 9.10. The molecule has 0 radical (unpaired) electrons. The zero-order chi connectivity index (χ0) is 12.8. The van der Waals surface area contributed by atoms with Crippen LogP contribution in [0.5, 0.6) is 0 Å². The van der Waals surface area contributed by atoms with Crippen LogP contribution in [0.3, 0.4) is 0 Å². The topological polar surface area (TPSA) is 45.1 Å². The van der Waals surface area contributed by atoms with Crippen LogP contribution < -0.4 is 5.32 Å². The molecule has 0 amide bonds. The Balaban J connectivity index is 2.58. The zero-order valence-corrected chi connectivity index (χ0v) is 12.3. The van der Waals surface area contributed by atoms with E-state index >= 15 is 0 Å². The molecule has 17 heavy (non-hydrogen) atoms. The number of aryl methyl sites for hydroxylation is 1. The minimum absolute atomic E-state index is 0.320. The predicted molar refractivity (Wildman–Crippen MR) is 75.2 cm³/mol. The van der Waals surface area contributed by atoms with Crippen molar-refractivity contribution in [3.8, 4) is 0 Å². The Hall–Kier alpha value is -0.610. The van der Waals surface area contributed by atoms with Crippen LogP contribution >= 0.6 is 15.9 Å². The normalized spacial score (nSPS) is 12.8. The summed E-state index contributed by atoms with van der Waals surface area (Å²) in [7, 11) is 0. The van der Waals surface area contributed by atoms with E-state index in [4.69, 9.17) is 0 Å². The van der Waals surface area contributed by atoms with Gasteiger partial charge in [0, 0.05) is 12.7 Å². The number of aliphatic hydroxyl groups excluding tert-OH is 1. The van der Waals surface area contributed by atoms with Crippen LogP contribution in [0.1, 0.15) is 32.3 Å². The standard InChI is InChI=1S/C13H21BrN2O/c1-4-10(5-2)11(17)8-16-13-12(14)9(3)6-7-15-13/h6-7,10-11,17H,4-5,8H2,1-3H3,(H,15,16). The van der Waals surface area contributed by atoms with Gasteiger partial charge in [-0.1, -0.05) is 26.7 Å². The quantitative estimate of drug-likeness (QED) is 0.847. The maximum atomic E-state index is 10.0. The third-order valence-electron chi connectivity index (χ3n) is 3.15. The summed E-state index contributed by atoms with van der Waals surface area (Å²) < 4.78 is 0.969. The minimum atomic E-state index is -0.320. The molecule has 0 aromatic carbocycles. The molecule has 0 fully saturated rings. The fourth-order valence-corrected chi connectivity index (χ4v) is 2.24. The first-order chi connectivity index (χ1) is 8.10. The van der Waals surface area contributed by atoms with Crippen LogP contribution in [0.4, 0.5) is 5.82 Å². The third kappa shape index (κ3) is 3.96. The lowest BCUT2D eigenvalue weighted by Gasteiger charge is -2.21. The fraction of sp³-hybridized carbons (Fsp3) is 0.615. The van der Waals surface area contributed by atoms with Crippen molar-refractivity contribution in [2.24, 2.45) is 5.92 Å². The van der Waals surface area contributed by atoms with Gasteiger partial charge < -0.3 is 10.4 Å². The maximum Gasteiger partial charge on any atom is 0.140 e. The van der Waals surface area contributed by atoms with Gasteiger partial charge in [-0.15, -0.1) is 0 Å². The Morgan fingerprint density at radius 1 is 1.41 bits per heavy atom. The number of nitrogens with zero attached hydrogens (tertiary/aromatic N) is 1. The number of rotatable bonds is 6. The lowest BCUT2D eigenvalue weighted by molar-refractivity contribution is 0.114. The van der Waals surface area contributed by atoms with Crippen molar-refractivity contribution in [1.82, 2.24) is 4.98 Å². The molecule has 96 valence electrons. The average Bonchev–Trinajstić information content (AvgIpc) is 2.32. The highest BCUT2D eigenvalue weighted by Gasteiger charge is 2.15. The summed E-state index contributed by atoms with van der Waals surface area (Å²) in [6.07, 6.45) is 3.45. The molecule has 0 aliphatic carbocycles. The maximum absolute atomic E-state index is 10.0. The van der Waals surface area contributed by atoms with Gasteiger partial charge in [-0.3, -0.25) is 0 Å². The predicted octanol–water partition coefficient (Wildman–Crippen LogP) is 3.36. The van der Waals surface area contributed by atoms with Crippen molar-refractivity contribution in [2.45, 2.75) is 39.7 Å². The Bertz CT molecular complexity index is 353. The number of anilines is 1. The van der Waals surface area contributed by atoms with E-state index in [1.165, 1.54) is 0 Å². The summed E-state index contributed by atoms with van der Waals surface area (Å²) in [6.45, 7) is 6.78. The molecule has 1 aromatic rings. The van der Waals surface area contributed by atoms with E-state index in [-0.39, 0.29) is 6.10 Å². The number of halogens is 1. The van der Waals surface area contributed by atoms with E-state index in [9.17, 15) is 5.11 Å². The molecule has 1 rings (SSSR count). The lowest BCUT2D eigenvalue weighted by atomic mass is 9.96. The minimum Gasteiger partial charge on any atom is -0.391 e. The fourth-order valence-electron chi connectivity index (χ4n) is 1.86. The molecule has 4 heteroatoms. The van der Waals surface area contributed by atoms with Crippen LogP contribution in [0.2, 0.25) is 0 Å². The first-order valence-corrected chi connectivity index (χ1v) is 6.92. The molecule has 0 bridgehead atoms. The van der Waals surface area contributed by atoms with Gasteiger partial charge in [-0.2, -0.15) is 0 Å². The summed E-state index contributed by atoms with van der Waals surface area (Å²) in [6, 6.07) is 1.95. The zero-order valence-electron chi connectivity index (χ0n) is 10.7. The highest BCUT2D eigenvalue weighted by Crippen LogP contribution is 2.23. The Morgan fingerprint density at radius 3 is 2.65 bits per heavy atom. The summed E-state index contributed by atoms with van der Waals surface area (Å²) >= 11 is 3.49. The van der Waals surface area contributed by atoms with E-state index in [1.807, 2.05) is 13.0 Å². The van der Waals surface area contributed by atoms with Crippen LogP contribution in [0.25, 0.3) is 0 Å². The first-order valence-electron chi connectivity index (χ1n) is 6.13. The Kier molecular flexibility index (Phi) is 5.92. The summed E-state index contributed by atoms with van der Waals surface area (Å²) in [5, 5.41) is 13.2. The Labute approximate surface area is 112 Å². The largest absolute Gasteiger partial charge is 0.391 e. The number of hydrogen-bond donors (Lipinski definition) is 2.